The third-order valence-electron chi connectivity index (χ3n) is 5.86. The molecule has 1 aliphatic carbocycles. The maximum absolute atomic E-state index is 12.9. The number of aromatic nitrogens is 1. The van der Waals surface area contributed by atoms with Crippen LogP contribution >= 0.6 is 11.6 Å². The summed E-state index contributed by atoms with van der Waals surface area (Å²) in [5.41, 5.74) is 7.34. The molecule has 1 atom stereocenters. The normalized spacial score (nSPS) is 21.0. The molecule has 2 aliphatic rings. The lowest BCUT2D eigenvalue weighted by Crippen LogP contribution is -2.30. The van der Waals surface area contributed by atoms with Gasteiger partial charge in [-0.1, -0.05) is 30.9 Å². The fourth-order valence-corrected chi connectivity index (χ4v) is 4.54. The number of halogens is 1. The van der Waals surface area contributed by atoms with Crippen LogP contribution in [-0.2, 0) is 0 Å². The Morgan fingerprint density at radius 1 is 1.19 bits per heavy atom. The number of carbonyl (C=O) groups is 1. The van der Waals surface area contributed by atoms with Crippen LogP contribution in [0.2, 0.25) is 5.02 Å². The quantitative estimate of drug-likeness (QED) is 0.839. The highest BCUT2D eigenvalue weighted by molar-refractivity contribution is 6.35. The van der Waals surface area contributed by atoms with Crippen molar-refractivity contribution < 1.29 is 4.79 Å². The van der Waals surface area contributed by atoms with E-state index in [0.29, 0.717) is 16.5 Å². The monoisotopic (exact) mass is 386 g/mol. The standard InChI is InChI=1S/C21H27ClN4O/c22-17-7-8-18-16(6-9-19(25-18)26-11-10-15(23)13-26)20(17)21(27)24-12-14-4-2-1-3-5-14/h6-9,14-15H,1-5,10-13,23H2,(H,24,27). The number of benzene rings is 1. The number of hydrogen-bond donors (Lipinski definition) is 2. The summed E-state index contributed by atoms with van der Waals surface area (Å²) in [6.45, 7) is 2.46. The molecule has 0 bridgehead atoms. The second-order valence-electron chi connectivity index (χ2n) is 7.87. The SMILES string of the molecule is NC1CCN(c2ccc3c(C(=O)NCC4CCCCC4)c(Cl)ccc3n2)C1. The number of anilines is 1. The molecule has 0 spiro atoms. The molecule has 144 valence electrons. The van der Waals surface area contributed by atoms with E-state index < -0.39 is 0 Å². The molecule has 2 fully saturated rings. The highest BCUT2D eigenvalue weighted by Gasteiger charge is 2.22. The Bertz CT molecular complexity index is 834. The van der Waals surface area contributed by atoms with Crippen molar-refractivity contribution >= 4 is 34.2 Å². The molecule has 1 aromatic carbocycles. The van der Waals surface area contributed by atoms with Crippen LogP contribution in [0.1, 0.15) is 48.9 Å². The van der Waals surface area contributed by atoms with Crippen molar-refractivity contribution in [1.29, 1.82) is 0 Å². The summed E-state index contributed by atoms with van der Waals surface area (Å²) in [6.07, 6.45) is 7.23. The molecule has 2 heterocycles. The van der Waals surface area contributed by atoms with Crippen LogP contribution in [0.25, 0.3) is 10.9 Å². The van der Waals surface area contributed by atoms with E-state index in [9.17, 15) is 4.79 Å². The maximum Gasteiger partial charge on any atom is 0.253 e. The molecule has 2 aromatic rings. The minimum Gasteiger partial charge on any atom is -0.355 e. The molecule has 6 heteroatoms. The number of rotatable bonds is 4. The number of hydrogen-bond acceptors (Lipinski definition) is 4. The van der Waals surface area contributed by atoms with Gasteiger partial charge in [-0.2, -0.15) is 0 Å². The largest absolute Gasteiger partial charge is 0.355 e. The molecule has 5 nitrogen and oxygen atoms in total. The third kappa shape index (κ3) is 4.04. The second-order valence-corrected chi connectivity index (χ2v) is 8.27. The molecule has 1 amide bonds. The molecule has 4 rings (SSSR count). The van der Waals surface area contributed by atoms with Gasteiger partial charge in [0.1, 0.15) is 5.82 Å². The average Bonchev–Trinajstić information content (AvgIpc) is 3.13. The fourth-order valence-electron chi connectivity index (χ4n) is 4.29. The molecule has 1 unspecified atom stereocenters. The second kappa shape index (κ2) is 8.03. The molecule has 0 radical (unpaired) electrons. The predicted molar refractivity (Wildman–Crippen MR) is 110 cm³/mol. The number of pyridine rings is 1. The van der Waals surface area contributed by atoms with E-state index in [2.05, 4.69) is 10.2 Å². The predicted octanol–water partition coefficient (Wildman–Crippen LogP) is 3.74. The summed E-state index contributed by atoms with van der Waals surface area (Å²) in [7, 11) is 0. The van der Waals surface area contributed by atoms with Crippen molar-refractivity contribution in [3.8, 4) is 0 Å². The van der Waals surface area contributed by atoms with Gasteiger partial charge < -0.3 is 16.0 Å². The Kier molecular flexibility index (Phi) is 5.50. The lowest BCUT2D eigenvalue weighted by Gasteiger charge is -2.22. The van der Waals surface area contributed by atoms with Crippen molar-refractivity contribution in [2.75, 3.05) is 24.5 Å². The first-order valence-electron chi connectivity index (χ1n) is 10.00. The number of nitrogens with zero attached hydrogens (tertiary/aromatic N) is 2. The molecule has 1 saturated carbocycles. The van der Waals surface area contributed by atoms with Crippen LogP contribution in [0.5, 0.6) is 0 Å². The lowest BCUT2D eigenvalue weighted by atomic mass is 9.89. The van der Waals surface area contributed by atoms with Crippen LogP contribution in [0.3, 0.4) is 0 Å². The van der Waals surface area contributed by atoms with Crippen LogP contribution in [0.15, 0.2) is 24.3 Å². The molecular weight excluding hydrogens is 360 g/mol. The number of nitrogens with two attached hydrogens (primary N) is 1. The van der Waals surface area contributed by atoms with Crippen molar-refractivity contribution in [1.82, 2.24) is 10.3 Å². The van der Waals surface area contributed by atoms with Gasteiger partial charge in [-0.05, 0) is 49.4 Å². The Balaban J connectivity index is 1.55. The zero-order valence-electron chi connectivity index (χ0n) is 15.6. The van der Waals surface area contributed by atoms with Gasteiger partial charge in [0.05, 0.1) is 16.1 Å². The van der Waals surface area contributed by atoms with Crippen LogP contribution < -0.4 is 16.0 Å². The zero-order chi connectivity index (χ0) is 18.8. The van der Waals surface area contributed by atoms with E-state index >= 15 is 0 Å². The summed E-state index contributed by atoms with van der Waals surface area (Å²) in [5.74, 6) is 1.39. The third-order valence-corrected chi connectivity index (χ3v) is 6.17. The van der Waals surface area contributed by atoms with E-state index in [-0.39, 0.29) is 11.9 Å². The van der Waals surface area contributed by atoms with Gasteiger partial charge in [-0.15, -0.1) is 0 Å². The first-order valence-corrected chi connectivity index (χ1v) is 10.4. The highest BCUT2D eigenvalue weighted by Crippen LogP contribution is 2.29. The van der Waals surface area contributed by atoms with Crippen LogP contribution in [0.4, 0.5) is 5.82 Å². The zero-order valence-corrected chi connectivity index (χ0v) is 16.3. The van der Waals surface area contributed by atoms with Crippen LogP contribution in [0, 0.1) is 5.92 Å². The van der Waals surface area contributed by atoms with Crippen molar-refractivity contribution in [2.24, 2.45) is 11.7 Å². The molecule has 1 saturated heterocycles. The lowest BCUT2D eigenvalue weighted by molar-refractivity contribution is 0.0945. The van der Waals surface area contributed by atoms with E-state index in [1.165, 1.54) is 32.1 Å². The van der Waals surface area contributed by atoms with Gasteiger partial charge in [0, 0.05) is 31.1 Å². The number of amides is 1. The minimum absolute atomic E-state index is 0.103. The summed E-state index contributed by atoms with van der Waals surface area (Å²) < 4.78 is 0. The van der Waals surface area contributed by atoms with Gasteiger partial charge in [0.25, 0.3) is 5.91 Å². The van der Waals surface area contributed by atoms with Gasteiger partial charge in [0.15, 0.2) is 0 Å². The summed E-state index contributed by atoms with van der Waals surface area (Å²) in [5, 5.41) is 4.37. The first-order chi connectivity index (χ1) is 13.1. The molecular formula is C21H27ClN4O. The Labute approximate surface area is 165 Å². The smallest absolute Gasteiger partial charge is 0.253 e. The van der Waals surface area contributed by atoms with E-state index in [4.69, 9.17) is 22.3 Å². The van der Waals surface area contributed by atoms with E-state index in [1.54, 1.807) is 6.07 Å². The number of fused-ring (bicyclic) bond motifs is 1. The Morgan fingerprint density at radius 3 is 2.74 bits per heavy atom. The van der Waals surface area contributed by atoms with Gasteiger partial charge in [0.2, 0.25) is 0 Å². The van der Waals surface area contributed by atoms with E-state index in [0.717, 1.165) is 42.8 Å². The average molecular weight is 387 g/mol. The molecule has 1 aromatic heterocycles. The summed E-state index contributed by atoms with van der Waals surface area (Å²) in [6, 6.07) is 7.78. The summed E-state index contributed by atoms with van der Waals surface area (Å²) >= 11 is 6.39. The minimum atomic E-state index is -0.103. The molecule has 1 aliphatic heterocycles. The number of carbonyl (C=O) groups excluding carboxylic acids is 1. The van der Waals surface area contributed by atoms with E-state index in [1.807, 2.05) is 18.2 Å². The first kappa shape index (κ1) is 18.5. The molecule has 3 N–H and O–H groups in total. The topological polar surface area (TPSA) is 71.2 Å². The number of nitrogens with one attached hydrogen (secondary N) is 1. The Hall–Kier alpha value is -1.85. The van der Waals surface area contributed by atoms with Gasteiger partial charge in [-0.3, -0.25) is 4.79 Å². The fraction of sp³-hybridized carbons (Fsp3) is 0.524. The molecule has 27 heavy (non-hydrogen) atoms. The summed E-state index contributed by atoms with van der Waals surface area (Å²) in [4.78, 5) is 19.8. The van der Waals surface area contributed by atoms with Gasteiger partial charge >= 0.3 is 0 Å². The van der Waals surface area contributed by atoms with Gasteiger partial charge in [-0.25, -0.2) is 4.98 Å². The van der Waals surface area contributed by atoms with Crippen molar-refractivity contribution in [2.45, 2.75) is 44.6 Å². The van der Waals surface area contributed by atoms with Crippen LogP contribution in [-0.4, -0.2) is 36.6 Å². The van der Waals surface area contributed by atoms with Crippen molar-refractivity contribution in [3.05, 3.63) is 34.9 Å². The highest BCUT2D eigenvalue weighted by atomic mass is 35.5. The van der Waals surface area contributed by atoms with Crippen molar-refractivity contribution in [3.63, 3.8) is 0 Å². The Morgan fingerprint density at radius 2 is 2.00 bits per heavy atom. The maximum atomic E-state index is 12.9.